The predicted octanol–water partition coefficient (Wildman–Crippen LogP) is 2.63. The minimum Gasteiger partial charge on any atom is -0.330 e. The van der Waals surface area contributed by atoms with E-state index in [1.807, 2.05) is 19.2 Å². The maximum atomic E-state index is 13.5. The fraction of sp³-hybridized carbons (Fsp3) is 0.571. The molecule has 17 heavy (non-hydrogen) atoms. The molecule has 96 valence electrons. The molecule has 0 fully saturated rings. The van der Waals surface area contributed by atoms with Crippen molar-refractivity contribution in [1.29, 1.82) is 0 Å². The highest BCUT2D eigenvalue weighted by atomic mass is 19.1. The Balaban J connectivity index is 2.49. The molecule has 2 N–H and O–H groups in total. The average Bonchev–Trinajstić information content (AvgIpc) is 2.31. The van der Waals surface area contributed by atoms with Gasteiger partial charge in [-0.1, -0.05) is 31.5 Å². The van der Waals surface area contributed by atoms with Crippen LogP contribution in [-0.2, 0) is 6.54 Å². The first-order chi connectivity index (χ1) is 8.17. The van der Waals surface area contributed by atoms with Crippen molar-refractivity contribution in [3.8, 4) is 0 Å². The molecule has 0 saturated carbocycles. The summed E-state index contributed by atoms with van der Waals surface area (Å²) in [6.45, 7) is 4.44. The minimum absolute atomic E-state index is 0.126. The lowest BCUT2D eigenvalue weighted by atomic mass is 10.0. The molecular weight excluding hydrogens is 215 g/mol. The van der Waals surface area contributed by atoms with Crippen LogP contribution in [0.15, 0.2) is 24.3 Å². The van der Waals surface area contributed by atoms with Crippen LogP contribution in [0, 0.1) is 11.7 Å². The number of halogens is 1. The van der Waals surface area contributed by atoms with Crippen molar-refractivity contribution in [2.24, 2.45) is 11.7 Å². The van der Waals surface area contributed by atoms with Gasteiger partial charge in [-0.05, 0) is 32.0 Å². The Morgan fingerprint density at radius 2 is 2.06 bits per heavy atom. The molecular formula is C14H23FN2. The predicted molar refractivity (Wildman–Crippen MR) is 70.2 cm³/mol. The Morgan fingerprint density at radius 3 is 2.65 bits per heavy atom. The summed E-state index contributed by atoms with van der Waals surface area (Å²) in [7, 11) is 2.02. The molecule has 1 rings (SSSR count). The molecule has 0 aliphatic rings. The summed E-state index contributed by atoms with van der Waals surface area (Å²) in [5.41, 5.74) is 6.48. The molecule has 0 aliphatic carbocycles. The van der Waals surface area contributed by atoms with E-state index < -0.39 is 0 Å². The third-order valence-electron chi connectivity index (χ3n) is 3.00. The van der Waals surface area contributed by atoms with Gasteiger partial charge in [0, 0.05) is 18.7 Å². The van der Waals surface area contributed by atoms with Crippen molar-refractivity contribution < 1.29 is 4.39 Å². The minimum atomic E-state index is -0.126. The third kappa shape index (κ3) is 4.84. The zero-order valence-electron chi connectivity index (χ0n) is 10.8. The summed E-state index contributed by atoms with van der Waals surface area (Å²) >= 11 is 0. The highest BCUT2D eigenvalue weighted by Gasteiger charge is 2.10. The lowest BCUT2D eigenvalue weighted by Gasteiger charge is -2.23. The van der Waals surface area contributed by atoms with Crippen molar-refractivity contribution in [2.75, 3.05) is 20.1 Å². The van der Waals surface area contributed by atoms with E-state index in [2.05, 4.69) is 11.8 Å². The van der Waals surface area contributed by atoms with Crippen LogP contribution in [0.3, 0.4) is 0 Å². The summed E-state index contributed by atoms with van der Waals surface area (Å²) in [6, 6.07) is 6.94. The van der Waals surface area contributed by atoms with Gasteiger partial charge in [0.15, 0.2) is 0 Å². The van der Waals surface area contributed by atoms with Gasteiger partial charge in [0.05, 0.1) is 0 Å². The Hall–Kier alpha value is -0.930. The van der Waals surface area contributed by atoms with Gasteiger partial charge in [0.2, 0.25) is 0 Å². The van der Waals surface area contributed by atoms with E-state index in [1.54, 1.807) is 6.07 Å². The summed E-state index contributed by atoms with van der Waals surface area (Å²) in [6.07, 6.45) is 2.29. The Labute approximate surface area is 104 Å². The van der Waals surface area contributed by atoms with Crippen molar-refractivity contribution in [1.82, 2.24) is 4.90 Å². The second-order valence-corrected chi connectivity index (χ2v) is 4.68. The molecule has 0 heterocycles. The number of rotatable bonds is 7. The molecule has 0 saturated heterocycles. The van der Waals surface area contributed by atoms with E-state index in [9.17, 15) is 4.39 Å². The van der Waals surface area contributed by atoms with Gasteiger partial charge in [0.1, 0.15) is 5.82 Å². The fourth-order valence-corrected chi connectivity index (χ4v) is 2.11. The fourth-order valence-electron chi connectivity index (χ4n) is 2.11. The Morgan fingerprint density at radius 1 is 1.35 bits per heavy atom. The van der Waals surface area contributed by atoms with E-state index in [-0.39, 0.29) is 5.82 Å². The molecule has 0 amide bonds. The molecule has 0 radical (unpaired) electrons. The molecule has 3 heteroatoms. The van der Waals surface area contributed by atoms with Gasteiger partial charge < -0.3 is 10.6 Å². The maximum Gasteiger partial charge on any atom is 0.127 e. The summed E-state index contributed by atoms with van der Waals surface area (Å²) in [5.74, 6) is 0.385. The quantitative estimate of drug-likeness (QED) is 0.791. The molecule has 1 aromatic carbocycles. The second-order valence-electron chi connectivity index (χ2n) is 4.68. The van der Waals surface area contributed by atoms with E-state index in [0.29, 0.717) is 19.0 Å². The van der Waals surface area contributed by atoms with Crippen molar-refractivity contribution in [2.45, 2.75) is 26.3 Å². The van der Waals surface area contributed by atoms with E-state index >= 15 is 0 Å². The van der Waals surface area contributed by atoms with Gasteiger partial charge in [-0.15, -0.1) is 0 Å². The normalized spacial score (nSPS) is 13.0. The first kappa shape index (κ1) is 14.1. The molecule has 0 spiro atoms. The van der Waals surface area contributed by atoms with Crippen molar-refractivity contribution in [3.05, 3.63) is 35.6 Å². The van der Waals surface area contributed by atoms with Crippen LogP contribution in [0.2, 0.25) is 0 Å². The molecule has 1 atom stereocenters. The van der Waals surface area contributed by atoms with Crippen LogP contribution in [0.1, 0.15) is 25.3 Å². The molecule has 0 bridgehead atoms. The molecule has 0 aliphatic heterocycles. The SMILES string of the molecule is CCCC(CN)CN(C)Cc1ccccc1F. The van der Waals surface area contributed by atoms with Crippen LogP contribution >= 0.6 is 0 Å². The summed E-state index contributed by atoms with van der Waals surface area (Å²) < 4.78 is 13.5. The molecule has 0 aromatic heterocycles. The topological polar surface area (TPSA) is 29.3 Å². The first-order valence-electron chi connectivity index (χ1n) is 6.29. The number of benzene rings is 1. The highest BCUT2D eigenvalue weighted by molar-refractivity contribution is 5.16. The van der Waals surface area contributed by atoms with Gasteiger partial charge in [-0.2, -0.15) is 0 Å². The summed E-state index contributed by atoms with van der Waals surface area (Å²) in [5, 5.41) is 0. The largest absolute Gasteiger partial charge is 0.330 e. The van der Waals surface area contributed by atoms with E-state index in [0.717, 1.165) is 24.9 Å². The highest BCUT2D eigenvalue weighted by Crippen LogP contribution is 2.12. The molecule has 1 aromatic rings. The number of nitrogens with two attached hydrogens (primary N) is 1. The number of hydrogen-bond acceptors (Lipinski definition) is 2. The van der Waals surface area contributed by atoms with Gasteiger partial charge in [-0.25, -0.2) is 4.39 Å². The van der Waals surface area contributed by atoms with Gasteiger partial charge in [0.25, 0.3) is 0 Å². The van der Waals surface area contributed by atoms with Crippen LogP contribution < -0.4 is 5.73 Å². The van der Waals surface area contributed by atoms with Crippen molar-refractivity contribution >= 4 is 0 Å². The lowest BCUT2D eigenvalue weighted by molar-refractivity contribution is 0.260. The molecule has 2 nitrogen and oxygen atoms in total. The first-order valence-corrected chi connectivity index (χ1v) is 6.29. The Kier molecular flexibility index (Phi) is 6.16. The van der Waals surface area contributed by atoms with Crippen LogP contribution in [-0.4, -0.2) is 25.0 Å². The number of hydrogen-bond donors (Lipinski definition) is 1. The number of nitrogens with zero attached hydrogens (tertiary/aromatic N) is 1. The summed E-state index contributed by atoms with van der Waals surface area (Å²) in [4.78, 5) is 2.14. The van der Waals surface area contributed by atoms with Gasteiger partial charge >= 0.3 is 0 Å². The maximum absolute atomic E-state index is 13.5. The smallest absolute Gasteiger partial charge is 0.127 e. The standard InChI is InChI=1S/C14H23FN2/c1-3-6-12(9-16)10-17(2)11-13-7-4-5-8-14(13)15/h4-5,7-8,12H,3,6,9-11,16H2,1-2H3. The van der Waals surface area contributed by atoms with E-state index in [4.69, 9.17) is 5.73 Å². The second kappa shape index (κ2) is 7.41. The monoisotopic (exact) mass is 238 g/mol. The zero-order chi connectivity index (χ0) is 12.7. The van der Waals surface area contributed by atoms with Gasteiger partial charge in [-0.3, -0.25) is 0 Å². The van der Waals surface area contributed by atoms with Crippen LogP contribution in [0.4, 0.5) is 4.39 Å². The van der Waals surface area contributed by atoms with Crippen molar-refractivity contribution in [3.63, 3.8) is 0 Å². The Bertz CT molecular complexity index is 328. The van der Waals surface area contributed by atoms with Crippen LogP contribution in [0.5, 0.6) is 0 Å². The van der Waals surface area contributed by atoms with E-state index in [1.165, 1.54) is 6.07 Å². The zero-order valence-corrected chi connectivity index (χ0v) is 10.8. The average molecular weight is 238 g/mol. The third-order valence-corrected chi connectivity index (χ3v) is 3.00. The van der Waals surface area contributed by atoms with Crippen LogP contribution in [0.25, 0.3) is 0 Å². The molecule has 1 unspecified atom stereocenters. The lowest BCUT2D eigenvalue weighted by Crippen LogP contribution is -2.30.